The molecule has 3 rings (SSSR count). The summed E-state index contributed by atoms with van der Waals surface area (Å²) in [6.07, 6.45) is 3.53. The first kappa shape index (κ1) is 16.6. The Morgan fingerprint density at radius 1 is 1.29 bits per heavy atom. The van der Waals surface area contributed by atoms with E-state index in [1.165, 1.54) is 5.56 Å². The van der Waals surface area contributed by atoms with Gasteiger partial charge in [-0.25, -0.2) is 0 Å². The fourth-order valence-electron chi connectivity index (χ4n) is 3.48. The van der Waals surface area contributed by atoms with E-state index in [2.05, 4.69) is 0 Å². The third kappa shape index (κ3) is 2.90. The molecule has 1 aliphatic heterocycles. The van der Waals surface area contributed by atoms with Crippen molar-refractivity contribution >= 4 is 22.8 Å². The van der Waals surface area contributed by atoms with Crippen molar-refractivity contribution in [1.29, 1.82) is 0 Å². The van der Waals surface area contributed by atoms with E-state index >= 15 is 0 Å². The summed E-state index contributed by atoms with van der Waals surface area (Å²) >= 11 is 0. The van der Waals surface area contributed by atoms with E-state index in [9.17, 15) is 9.59 Å². The minimum Gasteiger partial charge on any atom is -0.464 e. The number of benzene rings is 1. The van der Waals surface area contributed by atoms with Gasteiger partial charge in [0, 0.05) is 23.5 Å². The van der Waals surface area contributed by atoms with Crippen molar-refractivity contribution in [2.75, 3.05) is 6.54 Å². The standard InChI is InChI=1S/C19H24N2O3/c1-11-4-7-16-15(10-24-18(16)13(11)3)8-17(22)21-9-14(19(20)23)6-5-12(21)2/h4,7,10,12,14H,5-6,8-9H2,1-3H3,(H2,20,23)/t12-,14+/m0/s1. The number of likely N-dealkylation sites (tertiary alicyclic amines) is 1. The second-order valence-electron chi connectivity index (χ2n) is 6.89. The average molecular weight is 328 g/mol. The SMILES string of the molecule is Cc1ccc2c(CC(=O)N3C[C@H](C(N)=O)CC[C@@H]3C)coc2c1C. The smallest absolute Gasteiger partial charge is 0.227 e. The molecule has 2 N–H and O–H groups in total. The van der Waals surface area contributed by atoms with Crippen molar-refractivity contribution in [3.8, 4) is 0 Å². The van der Waals surface area contributed by atoms with Gasteiger partial charge < -0.3 is 15.1 Å². The predicted molar refractivity (Wildman–Crippen MR) is 92.5 cm³/mol. The molecule has 0 bridgehead atoms. The highest BCUT2D eigenvalue weighted by Gasteiger charge is 2.31. The zero-order chi connectivity index (χ0) is 17.4. The second-order valence-corrected chi connectivity index (χ2v) is 6.89. The molecule has 1 aliphatic rings. The van der Waals surface area contributed by atoms with Gasteiger partial charge in [-0.3, -0.25) is 9.59 Å². The molecule has 0 unspecified atom stereocenters. The topological polar surface area (TPSA) is 76.5 Å². The van der Waals surface area contributed by atoms with Gasteiger partial charge in [0.1, 0.15) is 5.58 Å². The van der Waals surface area contributed by atoms with Crippen molar-refractivity contribution in [2.24, 2.45) is 11.7 Å². The van der Waals surface area contributed by atoms with Gasteiger partial charge in [-0.1, -0.05) is 12.1 Å². The molecule has 1 aromatic heterocycles. The Bertz CT molecular complexity index is 793. The molecular weight excluding hydrogens is 304 g/mol. The molecule has 1 fully saturated rings. The van der Waals surface area contributed by atoms with E-state index in [-0.39, 0.29) is 30.2 Å². The monoisotopic (exact) mass is 328 g/mol. The fraction of sp³-hybridized carbons (Fsp3) is 0.474. The van der Waals surface area contributed by atoms with Crippen molar-refractivity contribution < 1.29 is 14.0 Å². The van der Waals surface area contributed by atoms with Crippen LogP contribution in [0, 0.1) is 19.8 Å². The summed E-state index contributed by atoms with van der Waals surface area (Å²) in [7, 11) is 0. The molecule has 128 valence electrons. The van der Waals surface area contributed by atoms with Crippen LogP contribution in [-0.2, 0) is 16.0 Å². The van der Waals surface area contributed by atoms with E-state index in [1.54, 1.807) is 11.2 Å². The maximum Gasteiger partial charge on any atom is 0.227 e. The molecule has 5 heteroatoms. The molecule has 0 aliphatic carbocycles. The first-order valence-electron chi connectivity index (χ1n) is 8.43. The van der Waals surface area contributed by atoms with E-state index in [0.29, 0.717) is 6.54 Å². The van der Waals surface area contributed by atoms with E-state index < -0.39 is 0 Å². The van der Waals surface area contributed by atoms with E-state index in [0.717, 1.165) is 34.9 Å². The van der Waals surface area contributed by atoms with Gasteiger partial charge in [-0.05, 0) is 44.7 Å². The minimum atomic E-state index is -0.320. The Labute approximate surface area is 141 Å². The summed E-state index contributed by atoms with van der Waals surface area (Å²) in [5.74, 6) is -0.537. The van der Waals surface area contributed by atoms with E-state index in [4.69, 9.17) is 10.2 Å². The summed E-state index contributed by atoms with van der Waals surface area (Å²) in [5, 5.41) is 0.988. The highest BCUT2D eigenvalue weighted by Crippen LogP contribution is 2.28. The first-order chi connectivity index (χ1) is 11.4. The fourth-order valence-corrected chi connectivity index (χ4v) is 3.48. The Kier molecular flexibility index (Phi) is 4.35. The largest absolute Gasteiger partial charge is 0.464 e. The van der Waals surface area contributed by atoms with Crippen LogP contribution >= 0.6 is 0 Å². The third-order valence-corrected chi connectivity index (χ3v) is 5.29. The molecule has 24 heavy (non-hydrogen) atoms. The number of carbonyl (C=O) groups excluding carboxylic acids is 2. The van der Waals surface area contributed by atoms with Crippen molar-refractivity contribution in [2.45, 2.75) is 46.1 Å². The van der Waals surface area contributed by atoms with Crippen LogP contribution in [0.4, 0.5) is 0 Å². The van der Waals surface area contributed by atoms with Gasteiger partial charge in [0.2, 0.25) is 11.8 Å². The number of aryl methyl sites for hydroxylation is 2. The molecular formula is C19H24N2O3. The lowest BCUT2D eigenvalue weighted by molar-refractivity contribution is -0.136. The maximum atomic E-state index is 12.8. The lowest BCUT2D eigenvalue weighted by Gasteiger charge is -2.37. The lowest BCUT2D eigenvalue weighted by Crippen LogP contribution is -2.49. The number of hydrogen-bond donors (Lipinski definition) is 1. The van der Waals surface area contributed by atoms with Gasteiger partial charge >= 0.3 is 0 Å². The van der Waals surface area contributed by atoms with Gasteiger partial charge in [-0.2, -0.15) is 0 Å². The van der Waals surface area contributed by atoms with Gasteiger partial charge in [-0.15, -0.1) is 0 Å². The molecule has 5 nitrogen and oxygen atoms in total. The zero-order valence-electron chi connectivity index (χ0n) is 14.5. The van der Waals surface area contributed by atoms with Gasteiger partial charge in [0.05, 0.1) is 18.6 Å². The summed E-state index contributed by atoms with van der Waals surface area (Å²) in [6.45, 7) is 6.51. The first-order valence-corrected chi connectivity index (χ1v) is 8.43. The van der Waals surface area contributed by atoms with Crippen LogP contribution in [0.15, 0.2) is 22.8 Å². The van der Waals surface area contributed by atoms with Crippen LogP contribution in [-0.4, -0.2) is 29.3 Å². The highest BCUT2D eigenvalue weighted by atomic mass is 16.3. The number of nitrogens with two attached hydrogens (primary N) is 1. The van der Waals surface area contributed by atoms with Crippen LogP contribution in [0.2, 0.25) is 0 Å². The Morgan fingerprint density at radius 2 is 2.04 bits per heavy atom. The molecule has 0 radical (unpaired) electrons. The Balaban J connectivity index is 1.82. The summed E-state index contributed by atoms with van der Waals surface area (Å²) < 4.78 is 5.69. The number of fused-ring (bicyclic) bond motifs is 1. The zero-order valence-corrected chi connectivity index (χ0v) is 14.5. The maximum absolute atomic E-state index is 12.8. The number of carbonyl (C=O) groups is 2. The molecule has 2 aromatic rings. The molecule has 1 saturated heterocycles. The summed E-state index contributed by atoms with van der Waals surface area (Å²) in [5.41, 5.74) is 9.44. The van der Waals surface area contributed by atoms with Crippen LogP contribution in [0.5, 0.6) is 0 Å². The highest BCUT2D eigenvalue weighted by molar-refractivity contribution is 5.90. The normalized spacial score (nSPS) is 21.2. The van der Waals surface area contributed by atoms with Gasteiger partial charge in [0.15, 0.2) is 0 Å². The average Bonchev–Trinajstić information content (AvgIpc) is 2.94. The molecule has 2 amide bonds. The molecule has 1 aromatic carbocycles. The second kappa shape index (κ2) is 6.30. The van der Waals surface area contributed by atoms with Crippen molar-refractivity contribution in [3.63, 3.8) is 0 Å². The third-order valence-electron chi connectivity index (χ3n) is 5.29. The van der Waals surface area contributed by atoms with Crippen LogP contribution in [0.3, 0.4) is 0 Å². The Morgan fingerprint density at radius 3 is 2.75 bits per heavy atom. The van der Waals surface area contributed by atoms with Crippen molar-refractivity contribution in [3.05, 3.63) is 35.1 Å². The predicted octanol–water partition coefficient (Wildman–Crippen LogP) is 2.70. The molecule has 0 saturated carbocycles. The number of primary amides is 1. The van der Waals surface area contributed by atoms with Gasteiger partial charge in [0.25, 0.3) is 0 Å². The number of amides is 2. The number of furan rings is 1. The quantitative estimate of drug-likeness (QED) is 0.941. The number of hydrogen-bond acceptors (Lipinski definition) is 3. The lowest BCUT2D eigenvalue weighted by atomic mass is 9.92. The minimum absolute atomic E-state index is 0.0226. The summed E-state index contributed by atoms with van der Waals surface area (Å²) in [6, 6.07) is 4.19. The number of piperidine rings is 1. The molecule has 2 atom stereocenters. The summed E-state index contributed by atoms with van der Waals surface area (Å²) in [4.78, 5) is 26.0. The van der Waals surface area contributed by atoms with Crippen LogP contribution in [0.1, 0.15) is 36.5 Å². The van der Waals surface area contributed by atoms with Crippen molar-refractivity contribution in [1.82, 2.24) is 4.90 Å². The van der Waals surface area contributed by atoms with Crippen LogP contribution in [0.25, 0.3) is 11.0 Å². The van der Waals surface area contributed by atoms with Crippen LogP contribution < -0.4 is 5.73 Å². The number of rotatable bonds is 3. The molecule has 0 spiro atoms. The molecule has 2 heterocycles. The Hall–Kier alpha value is -2.30. The number of nitrogens with zero attached hydrogens (tertiary/aromatic N) is 1. The van der Waals surface area contributed by atoms with E-state index in [1.807, 2.05) is 32.9 Å².